The highest BCUT2D eigenvalue weighted by atomic mass is 127. The van der Waals surface area contributed by atoms with Gasteiger partial charge in [0.2, 0.25) is 0 Å². The van der Waals surface area contributed by atoms with Gasteiger partial charge in [-0.15, -0.1) is 0 Å². The Kier molecular flexibility index (Phi) is 8.87. The molecule has 0 radical (unpaired) electrons. The Morgan fingerprint density at radius 2 is 2.00 bits per heavy atom. The van der Waals surface area contributed by atoms with Crippen molar-refractivity contribution in [3.05, 3.63) is 73.7 Å². The van der Waals surface area contributed by atoms with Crippen molar-refractivity contribution in [3.8, 4) is 17.0 Å². The molecule has 1 amide bonds. The molecule has 2 heterocycles. The summed E-state index contributed by atoms with van der Waals surface area (Å²) in [6, 6.07) is 10.6. The van der Waals surface area contributed by atoms with Gasteiger partial charge >= 0.3 is 0 Å². The van der Waals surface area contributed by atoms with E-state index in [1.807, 2.05) is 42.8 Å². The fourth-order valence-corrected chi connectivity index (χ4v) is 6.19. The van der Waals surface area contributed by atoms with Crippen molar-refractivity contribution >= 4 is 59.5 Å². The van der Waals surface area contributed by atoms with Gasteiger partial charge in [0.05, 0.1) is 21.8 Å². The molecule has 2 aromatic carbocycles. The number of rotatable bonds is 9. The van der Waals surface area contributed by atoms with E-state index < -0.39 is 0 Å². The van der Waals surface area contributed by atoms with Crippen molar-refractivity contribution in [2.24, 2.45) is 0 Å². The first-order chi connectivity index (χ1) is 17.2. The van der Waals surface area contributed by atoms with E-state index in [-0.39, 0.29) is 45.4 Å². The molecule has 1 aromatic heterocycles. The van der Waals surface area contributed by atoms with E-state index in [0.717, 1.165) is 22.6 Å². The average Bonchev–Trinajstić information content (AvgIpc) is 3.26. The van der Waals surface area contributed by atoms with Crippen LogP contribution in [0.2, 0.25) is 10.0 Å². The van der Waals surface area contributed by atoms with Crippen LogP contribution >= 0.6 is 43.9 Å². The third-order valence-electron chi connectivity index (χ3n) is 5.65. The molecule has 36 heavy (non-hydrogen) atoms. The van der Waals surface area contributed by atoms with Gasteiger partial charge in [-0.25, -0.2) is 4.98 Å². The molecule has 1 atom stereocenters. The number of hydrogen-bond donors (Lipinski definition) is 2. The highest BCUT2D eigenvalue weighted by molar-refractivity contribution is 14.2. The maximum absolute atomic E-state index is 12.9. The first-order valence-electron chi connectivity index (χ1n) is 11.6. The normalized spacial score (nSPS) is 13.6. The van der Waals surface area contributed by atoms with Crippen LogP contribution in [0.25, 0.3) is 17.5 Å². The fraction of sp³-hybridized carbons (Fsp3) is 0.296. The monoisotopic (exact) mass is 639 g/mol. The minimum atomic E-state index is -0.277. The van der Waals surface area contributed by atoms with E-state index in [0.29, 0.717) is 34.2 Å². The number of imidazole rings is 1. The van der Waals surface area contributed by atoms with Crippen LogP contribution in [-0.2, 0) is 6.42 Å². The third-order valence-corrected chi connectivity index (χ3v) is 8.35. The van der Waals surface area contributed by atoms with Gasteiger partial charge in [0.25, 0.3) is 5.91 Å². The third kappa shape index (κ3) is 6.37. The summed E-state index contributed by atoms with van der Waals surface area (Å²) in [5.74, 6) is 1.27. The van der Waals surface area contributed by atoms with E-state index in [4.69, 9.17) is 32.9 Å². The van der Waals surface area contributed by atoms with Crippen LogP contribution in [0.15, 0.2) is 46.7 Å². The first kappa shape index (κ1) is 26.9. The van der Waals surface area contributed by atoms with E-state index >= 15 is 0 Å². The van der Waals surface area contributed by atoms with Gasteiger partial charge in [-0.3, -0.25) is 4.79 Å². The lowest BCUT2D eigenvalue weighted by atomic mass is 10.0. The summed E-state index contributed by atoms with van der Waals surface area (Å²) in [5.41, 5.74) is 3.08. The second-order valence-electron chi connectivity index (χ2n) is 8.79. The molecule has 1 aliphatic rings. The molecule has 2 N–H and O–H groups in total. The van der Waals surface area contributed by atoms with Gasteiger partial charge in [-0.05, 0) is 67.5 Å². The lowest BCUT2D eigenvalue weighted by Gasteiger charge is -2.19. The predicted molar refractivity (Wildman–Crippen MR) is 156 cm³/mol. The SMILES string of the molecule is CC1=IC=Cn2cc(-c3ccc(C[C@@H](CCO)NC(=O)c4ccc(OC(C)C)c(Cl)c4)cc3Cl)nc21. The zero-order valence-electron chi connectivity index (χ0n) is 20.3. The molecule has 0 bridgehead atoms. The average molecular weight is 640 g/mol. The van der Waals surface area contributed by atoms with E-state index in [1.165, 1.54) is 3.51 Å². The second-order valence-corrected chi connectivity index (χ2v) is 12.6. The number of halogens is 3. The van der Waals surface area contributed by atoms with E-state index in [2.05, 4.69) is 22.5 Å². The molecule has 0 saturated carbocycles. The molecule has 0 saturated heterocycles. The lowest BCUT2D eigenvalue weighted by Crippen LogP contribution is -2.37. The molecule has 0 unspecified atom stereocenters. The van der Waals surface area contributed by atoms with Gasteiger partial charge in [0.1, 0.15) is 11.6 Å². The Balaban J connectivity index is 1.47. The standard InChI is InChI=1S/C27H28Cl2IN3O3/c1-16(2)36-25-7-5-19(14-23(25)29)27(35)31-20(8-11-34)12-18-4-6-21(22(28)13-18)24-15-33-10-9-30-17(3)26(33)32-24/h4-7,9-10,13-16,20,34H,8,11-12H2,1-3H3,(H,31,35)/t20-/m1/s1. The van der Waals surface area contributed by atoms with E-state index in [9.17, 15) is 9.90 Å². The number of aromatic nitrogens is 2. The number of nitrogens with one attached hydrogen (secondary N) is 1. The summed E-state index contributed by atoms with van der Waals surface area (Å²) < 4.78 is 11.2. The topological polar surface area (TPSA) is 76.4 Å². The molecule has 0 spiro atoms. The number of amides is 1. The molecule has 0 aliphatic carbocycles. The summed E-state index contributed by atoms with van der Waals surface area (Å²) in [7, 11) is 0. The van der Waals surface area contributed by atoms with Crippen molar-refractivity contribution in [3.63, 3.8) is 0 Å². The Bertz CT molecular complexity index is 1330. The second kappa shape index (κ2) is 11.9. The van der Waals surface area contributed by atoms with Crippen molar-refractivity contribution in [1.82, 2.24) is 14.9 Å². The number of hydrogen-bond acceptors (Lipinski definition) is 4. The quantitative estimate of drug-likeness (QED) is 0.269. The largest absolute Gasteiger partial charge is 0.489 e. The molecule has 0 fully saturated rings. The maximum atomic E-state index is 12.9. The van der Waals surface area contributed by atoms with Crippen LogP contribution in [0.3, 0.4) is 0 Å². The lowest BCUT2D eigenvalue weighted by molar-refractivity contribution is 0.0930. The zero-order chi connectivity index (χ0) is 25.8. The first-order valence-corrected chi connectivity index (χ1v) is 14.7. The predicted octanol–water partition coefficient (Wildman–Crippen LogP) is 6.32. The van der Waals surface area contributed by atoms with Crippen molar-refractivity contribution in [2.45, 2.75) is 45.8 Å². The number of fused-ring (bicyclic) bond motifs is 1. The minimum absolute atomic E-state index is 0.0195. The van der Waals surface area contributed by atoms with Crippen LogP contribution < -0.4 is 10.1 Å². The van der Waals surface area contributed by atoms with Crippen LogP contribution in [0.1, 0.15) is 48.9 Å². The number of ether oxygens (including phenoxy) is 1. The molecule has 190 valence electrons. The van der Waals surface area contributed by atoms with Gasteiger partial charge < -0.3 is 19.7 Å². The van der Waals surface area contributed by atoms with Crippen molar-refractivity contribution < 1.29 is 14.6 Å². The van der Waals surface area contributed by atoms with Gasteiger partial charge in [-0.1, -0.05) is 56.1 Å². The van der Waals surface area contributed by atoms with Crippen LogP contribution in [0.4, 0.5) is 0 Å². The van der Waals surface area contributed by atoms with Gasteiger partial charge in [0.15, 0.2) is 0 Å². The highest BCUT2D eigenvalue weighted by Gasteiger charge is 2.18. The smallest absolute Gasteiger partial charge is 0.251 e. The Morgan fingerprint density at radius 3 is 2.67 bits per heavy atom. The van der Waals surface area contributed by atoms with Crippen LogP contribution in [-0.4, -0.2) is 42.8 Å². The van der Waals surface area contributed by atoms with Crippen molar-refractivity contribution in [1.29, 1.82) is 0 Å². The molecule has 6 nitrogen and oxygen atoms in total. The molecular weight excluding hydrogens is 612 g/mol. The molecule has 3 aromatic rings. The summed E-state index contributed by atoms with van der Waals surface area (Å²) in [6.07, 6.45) is 4.97. The number of carbonyl (C=O) groups excluding carboxylic acids is 1. The Hall–Kier alpha value is -2.20. The maximum Gasteiger partial charge on any atom is 0.251 e. The zero-order valence-corrected chi connectivity index (χ0v) is 23.9. The Morgan fingerprint density at radius 1 is 1.19 bits per heavy atom. The number of nitrogens with zero attached hydrogens (tertiary/aromatic N) is 2. The molecular formula is C27H28Cl2IN3O3. The van der Waals surface area contributed by atoms with Crippen molar-refractivity contribution in [2.75, 3.05) is 6.61 Å². The summed E-state index contributed by atoms with van der Waals surface area (Å²) in [4.78, 5) is 17.7. The van der Waals surface area contributed by atoms with E-state index in [1.54, 1.807) is 18.2 Å². The van der Waals surface area contributed by atoms with Gasteiger partial charge in [-0.2, -0.15) is 0 Å². The van der Waals surface area contributed by atoms with Crippen LogP contribution in [0.5, 0.6) is 5.75 Å². The highest BCUT2D eigenvalue weighted by Crippen LogP contribution is 2.31. The van der Waals surface area contributed by atoms with Gasteiger partial charge in [0, 0.05) is 39.7 Å². The molecule has 9 heteroatoms. The number of carbonyl (C=O) groups is 1. The molecule has 4 rings (SSSR count). The van der Waals surface area contributed by atoms with Crippen LogP contribution in [0, 0.1) is 0 Å². The number of aliphatic hydroxyl groups is 1. The number of aliphatic hydroxyl groups excluding tert-OH is 1. The fourth-order valence-electron chi connectivity index (χ4n) is 3.94. The summed E-state index contributed by atoms with van der Waals surface area (Å²) >= 11 is 12.9. The minimum Gasteiger partial charge on any atom is -0.489 e. The molecule has 1 aliphatic heterocycles. The number of benzene rings is 2. The summed E-state index contributed by atoms with van der Waals surface area (Å²) in [6.45, 7) is 5.90. The summed E-state index contributed by atoms with van der Waals surface area (Å²) in [5, 5.41) is 13.6. The Labute approximate surface area is 231 Å².